The number of hydrogen-bond acceptors (Lipinski definition) is 4. The van der Waals surface area contributed by atoms with Gasteiger partial charge < -0.3 is 15.8 Å². The molecule has 0 spiro atoms. The van der Waals surface area contributed by atoms with Crippen molar-refractivity contribution in [2.75, 3.05) is 7.11 Å². The van der Waals surface area contributed by atoms with Crippen LogP contribution in [0.3, 0.4) is 0 Å². The third kappa shape index (κ3) is 4.94. The number of carbonyl (C=O) groups is 2. The minimum atomic E-state index is -0.875. The van der Waals surface area contributed by atoms with Crippen LogP contribution in [0, 0.1) is 0 Å². The average Bonchev–Trinajstić information content (AvgIpc) is 2.55. The maximum absolute atomic E-state index is 12.3. The normalized spacial score (nSPS) is 17.5. The van der Waals surface area contributed by atoms with Crippen molar-refractivity contribution < 1.29 is 14.3 Å². The van der Waals surface area contributed by atoms with Crippen molar-refractivity contribution in [1.29, 1.82) is 0 Å². The lowest BCUT2D eigenvalue weighted by Crippen LogP contribution is -2.56. The third-order valence-corrected chi connectivity index (χ3v) is 4.29. The Morgan fingerprint density at radius 3 is 2.39 bits per heavy atom. The van der Waals surface area contributed by atoms with Crippen molar-refractivity contribution in [3.8, 4) is 0 Å². The number of esters is 1. The van der Waals surface area contributed by atoms with Gasteiger partial charge >= 0.3 is 5.97 Å². The van der Waals surface area contributed by atoms with Gasteiger partial charge in [0.2, 0.25) is 5.91 Å². The average molecular weight is 341 g/mol. The summed E-state index contributed by atoms with van der Waals surface area (Å²) in [6, 6.07) is 9.11. The van der Waals surface area contributed by atoms with Crippen LogP contribution in [0.4, 0.5) is 0 Å². The minimum Gasteiger partial charge on any atom is -0.467 e. The number of rotatable bonds is 5. The van der Waals surface area contributed by atoms with E-state index >= 15 is 0 Å². The van der Waals surface area contributed by atoms with Crippen LogP contribution in [0.5, 0.6) is 0 Å². The molecule has 1 amide bonds. The Labute approximate surface area is 143 Å². The number of methoxy groups -OCH3 is 1. The number of carbonyl (C=O) groups excluding carboxylic acids is 2. The molecule has 0 bridgehead atoms. The Morgan fingerprint density at radius 2 is 1.83 bits per heavy atom. The molecule has 1 aliphatic rings. The maximum Gasteiger partial charge on any atom is 0.331 e. The summed E-state index contributed by atoms with van der Waals surface area (Å²) in [6.07, 6.45) is 4.33. The van der Waals surface area contributed by atoms with E-state index in [2.05, 4.69) is 5.32 Å². The predicted octanol–water partition coefficient (Wildman–Crippen LogP) is 2.49. The van der Waals surface area contributed by atoms with Crippen molar-refractivity contribution in [3.05, 3.63) is 35.9 Å². The molecule has 0 saturated heterocycles. The molecule has 1 aromatic carbocycles. The quantitative estimate of drug-likeness (QED) is 0.807. The second-order valence-corrected chi connectivity index (χ2v) is 5.90. The van der Waals surface area contributed by atoms with E-state index in [4.69, 9.17) is 10.5 Å². The lowest BCUT2D eigenvalue weighted by Gasteiger charge is -2.35. The summed E-state index contributed by atoms with van der Waals surface area (Å²) in [5.74, 6) is -0.558. The fourth-order valence-electron chi connectivity index (χ4n) is 3.07. The van der Waals surface area contributed by atoms with Crippen molar-refractivity contribution in [3.63, 3.8) is 0 Å². The highest BCUT2D eigenvalue weighted by Crippen LogP contribution is 2.29. The van der Waals surface area contributed by atoms with Gasteiger partial charge in [0.25, 0.3) is 0 Å². The number of nitrogens with one attached hydrogen (secondary N) is 1. The smallest absolute Gasteiger partial charge is 0.331 e. The van der Waals surface area contributed by atoms with E-state index in [1.165, 1.54) is 7.11 Å². The van der Waals surface area contributed by atoms with E-state index in [1.807, 2.05) is 30.3 Å². The number of hydrogen-bond donors (Lipinski definition) is 2. The molecular formula is C17H25ClN2O3. The molecule has 1 aromatic rings. The van der Waals surface area contributed by atoms with Gasteiger partial charge in [-0.2, -0.15) is 0 Å². The van der Waals surface area contributed by atoms with Crippen molar-refractivity contribution in [2.24, 2.45) is 5.73 Å². The number of benzene rings is 1. The van der Waals surface area contributed by atoms with Crippen LogP contribution >= 0.6 is 12.4 Å². The molecule has 0 aromatic heterocycles. The van der Waals surface area contributed by atoms with Gasteiger partial charge in [0.15, 0.2) is 0 Å². The topological polar surface area (TPSA) is 81.4 Å². The van der Waals surface area contributed by atoms with Crippen LogP contribution in [0.1, 0.15) is 50.1 Å². The second kappa shape index (κ2) is 8.89. The van der Waals surface area contributed by atoms with Crippen LogP contribution in [-0.4, -0.2) is 24.5 Å². The largest absolute Gasteiger partial charge is 0.467 e. The summed E-state index contributed by atoms with van der Waals surface area (Å²) < 4.78 is 4.90. The van der Waals surface area contributed by atoms with Crippen molar-refractivity contribution >= 4 is 24.3 Å². The molecule has 0 heterocycles. The molecule has 5 nitrogen and oxygen atoms in total. The van der Waals surface area contributed by atoms with Crippen molar-refractivity contribution in [2.45, 2.75) is 50.1 Å². The van der Waals surface area contributed by atoms with Gasteiger partial charge in [0.1, 0.15) is 5.54 Å². The summed E-state index contributed by atoms with van der Waals surface area (Å²) in [5.41, 5.74) is 6.11. The van der Waals surface area contributed by atoms with Crippen molar-refractivity contribution in [1.82, 2.24) is 5.32 Å². The van der Waals surface area contributed by atoms with Gasteiger partial charge in [-0.05, 0) is 18.4 Å². The zero-order valence-corrected chi connectivity index (χ0v) is 14.2. The fourth-order valence-corrected chi connectivity index (χ4v) is 3.07. The van der Waals surface area contributed by atoms with E-state index in [9.17, 15) is 9.59 Å². The molecule has 3 N–H and O–H groups in total. The molecule has 1 fully saturated rings. The highest BCUT2D eigenvalue weighted by molar-refractivity contribution is 5.88. The minimum absolute atomic E-state index is 0. The molecule has 0 radical (unpaired) electrons. The van der Waals surface area contributed by atoms with Crippen LogP contribution in [0.2, 0.25) is 0 Å². The zero-order valence-electron chi connectivity index (χ0n) is 13.4. The summed E-state index contributed by atoms with van der Waals surface area (Å²) in [6.45, 7) is 0. The van der Waals surface area contributed by atoms with Gasteiger partial charge in [-0.25, -0.2) is 4.79 Å². The summed E-state index contributed by atoms with van der Waals surface area (Å²) in [5, 5.41) is 2.89. The Bertz CT molecular complexity index is 516. The summed E-state index contributed by atoms with van der Waals surface area (Å²) in [7, 11) is 1.36. The first-order chi connectivity index (χ1) is 10.6. The van der Waals surface area contributed by atoms with Crippen LogP contribution in [-0.2, 0) is 14.3 Å². The molecule has 6 heteroatoms. The van der Waals surface area contributed by atoms with E-state index in [0.29, 0.717) is 12.8 Å². The SMILES string of the molecule is COC(=O)C1(NC(=O)CC(N)c2ccccc2)CCCCC1.Cl. The molecule has 1 unspecified atom stereocenters. The number of amides is 1. The highest BCUT2D eigenvalue weighted by Gasteiger charge is 2.42. The van der Waals surface area contributed by atoms with Gasteiger partial charge in [0, 0.05) is 12.5 Å². The Kier molecular flexibility index (Phi) is 7.52. The Morgan fingerprint density at radius 1 is 1.22 bits per heavy atom. The fraction of sp³-hybridized carbons (Fsp3) is 0.529. The lowest BCUT2D eigenvalue weighted by atomic mass is 9.81. The Hall–Kier alpha value is -1.59. The van der Waals surface area contributed by atoms with Crippen LogP contribution in [0.15, 0.2) is 30.3 Å². The van der Waals surface area contributed by atoms with E-state index < -0.39 is 5.54 Å². The molecule has 1 atom stereocenters. The first kappa shape index (κ1) is 19.5. The van der Waals surface area contributed by atoms with E-state index in [-0.39, 0.29) is 36.7 Å². The lowest BCUT2D eigenvalue weighted by molar-refractivity contribution is -0.152. The monoisotopic (exact) mass is 340 g/mol. The zero-order chi connectivity index (χ0) is 16.0. The van der Waals surface area contributed by atoms with Gasteiger partial charge in [-0.1, -0.05) is 49.6 Å². The molecule has 1 aliphatic carbocycles. The molecule has 2 rings (SSSR count). The standard InChI is InChI=1S/C17H24N2O3.ClH/c1-22-16(21)17(10-6-3-7-11-17)19-15(20)12-14(18)13-8-4-2-5-9-13;/h2,4-5,8-9,14H,3,6-7,10-12,18H2,1H3,(H,19,20);1H. The third-order valence-electron chi connectivity index (χ3n) is 4.29. The van der Waals surface area contributed by atoms with Gasteiger partial charge in [-0.3, -0.25) is 4.79 Å². The summed E-state index contributed by atoms with van der Waals surface area (Å²) in [4.78, 5) is 24.4. The van der Waals surface area contributed by atoms with E-state index in [1.54, 1.807) is 0 Å². The van der Waals surface area contributed by atoms with Crippen LogP contribution in [0.25, 0.3) is 0 Å². The van der Waals surface area contributed by atoms with E-state index in [0.717, 1.165) is 24.8 Å². The Balaban J connectivity index is 0.00000264. The molecule has 23 heavy (non-hydrogen) atoms. The predicted molar refractivity (Wildman–Crippen MR) is 91.2 cm³/mol. The maximum atomic E-state index is 12.3. The molecule has 1 saturated carbocycles. The van der Waals surface area contributed by atoms with Gasteiger partial charge in [0.05, 0.1) is 7.11 Å². The second-order valence-electron chi connectivity index (χ2n) is 5.90. The first-order valence-corrected chi connectivity index (χ1v) is 7.77. The number of nitrogens with two attached hydrogens (primary N) is 1. The highest BCUT2D eigenvalue weighted by atomic mass is 35.5. The molecule has 0 aliphatic heterocycles. The van der Waals surface area contributed by atoms with Gasteiger partial charge in [-0.15, -0.1) is 12.4 Å². The number of halogens is 1. The number of ether oxygens (including phenoxy) is 1. The summed E-state index contributed by atoms with van der Waals surface area (Å²) >= 11 is 0. The molecular weight excluding hydrogens is 316 g/mol. The first-order valence-electron chi connectivity index (χ1n) is 7.77. The van der Waals surface area contributed by atoms with Crippen LogP contribution < -0.4 is 11.1 Å². The molecule has 128 valence electrons.